The summed E-state index contributed by atoms with van der Waals surface area (Å²) >= 11 is 0. The van der Waals surface area contributed by atoms with E-state index in [1.807, 2.05) is 6.07 Å². The van der Waals surface area contributed by atoms with Crippen molar-refractivity contribution in [3.63, 3.8) is 0 Å². The number of hydrogen-bond acceptors (Lipinski definition) is 4. The number of carboxylic acids is 2. The Morgan fingerprint density at radius 2 is 1.67 bits per heavy atom. The van der Waals surface area contributed by atoms with Gasteiger partial charge < -0.3 is 20.3 Å². The van der Waals surface area contributed by atoms with Crippen LogP contribution in [0.1, 0.15) is 32.8 Å². The monoisotopic (exact) mass is 337 g/mol. The van der Waals surface area contributed by atoms with E-state index in [0.29, 0.717) is 0 Å². The highest BCUT2D eigenvalue weighted by molar-refractivity contribution is 5.81. The number of carbonyl (C=O) groups excluding carboxylic acids is 1. The number of aliphatic carboxylic acids is 2. The molecule has 132 valence electrons. The third-order valence-electron chi connectivity index (χ3n) is 3.62. The minimum Gasteiger partial charge on any atom is -0.481 e. The Morgan fingerprint density at radius 1 is 1.08 bits per heavy atom. The first-order valence-electron chi connectivity index (χ1n) is 7.54. The van der Waals surface area contributed by atoms with Crippen LogP contribution in [0.15, 0.2) is 30.3 Å². The van der Waals surface area contributed by atoms with E-state index in [1.54, 1.807) is 45.0 Å². The number of alkyl carbamates (subject to hydrolysis) is 1. The van der Waals surface area contributed by atoms with Crippen LogP contribution in [0.4, 0.5) is 4.79 Å². The number of benzene rings is 1. The molecule has 1 aromatic carbocycles. The molecule has 0 aliphatic rings. The highest BCUT2D eigenvalue weighted by Crippen LogP contribution is 2.30. The molecular weight excluding hydrogens is 314 g/mol. The van der Waals surface area contributed by atoms with Crippen molar-refractivity contribution in [3.8, 4) is 0 Å². The lowest BCUT2D eigenvalue weighted by atomic mass is 9.77. The second-order valence-corrected chi connectivity index (χ2v) is 6.59. The number of carbonyl (C=O) groups is 3. The van der Waals surface area contributed by atoms with Crippen LogP contribution in [0.3, 0.4) is 0 Å². The smallest absolute Gasteiger partial charge is 0.408 e. The Labute approximate surface area is 140 Å². The van der Waals surface area contributed by atoms with Gasteiger partial charge in [-0.3, -0.25) is 4.79 Å². The van der Waals surface area contributed by atoms with Crippen LogP contribution in [-0.2, 0) is 20.9 Å². The van der Waals surface area contributed by atoms with Crippen molar-refractivity contribution in [1.82, 2.24) is 5.32 Å². The van der Waals surface area contributed by atoms with Gasteiger partial charge in [-0.2, -0.15) is 0 Å². The van der Waals surface area contributed by atoms with E-state index in [0.717, 1.165) is 5.56 Å². The van der Waals surface area contributed by atoms with E-state index in [4.69, 9.17) is 4.74 Å². The Balaban J connectivity index is 2.66. The number of ether oxygens (including phenoxy) is 1. The third-order valence-corrected chi connectivity index (χ3v) is 3.62. The van der Waals surface area contributed by atoms with Gasteiger partial charge in [-0.05, 0) is 17.4 Å². The molecule has 1 aromatic rings. The predicted molar refractivity (Wildman–Crippen MR) is 86.4 cm³/mol. The number of amides is 1. The molecule has 0 saturated heterocycles. The van der Waals surface area contributed by atoms with Gasteiger partial charge in [0, 0.05) is 0 Å². The Hall–Kier alpha value is -2.57. The fraction of sp³-hybridized carbons (Fsp3) is 0.471. The molecule has 0 aromatic heterocycles. The van der Waals surface area contributed by atoms with Crippen molar-refractivity contribution < 1.29 is 29.3 Å². The molecule has 0 bridgehead atoms. The SMILES string of the molecule is CC(C)(C)[C@@H](C[C@H](NC(=O)OCc1ccccc1)C(=O)O)C(=O)O. The fourth-order valence-electron chi connectivity index (χ4n) is 2.19. The molecule has 0 heterocycles. The van der Waals surface area contributed by atoms with Crippen molar-refractivity contribution >= 4 is 18.0 Å². The first-order chi connectivity index (χ1) is 11.1. The third kappa shape index (κ3) is 6.28. The number of hydrogen-bond donors (Lipinski definition) is 3. The second-order valence-electron chi connectivity index (χ2n) is 6.59. The first kappa shape index (κ1) is 19.5. The van der Waals surface area contributed by atoms with Crippen LogP contribution in [0.2, 0.25) is 0 Å². The molecule has 7 nitrogen and oxygen atoms in total. The predicted octanol–water partition coefficient (Wildman–Crippen LogP) is 2.50. The Kier molecular flexibility index (Phi) is 6.76. The molecule has 0 unspecified atom stereocenters. The Bertz CT molecular complexity index is 578. The standard InChI is InChI=1S/C17H23NO6/c1-17(2,3)12(14(19)20)9-13(15(21)22)18-16(23)24-10-11-7-5-4-6-8-11/h4-8,12-13H,9-10H2,1-3H3,(H,18,23)(H,19,20)(H,21,22)/t12-,13-/m0/s1. The van der Waals surface area contributed by atoms with Crippen molar-refractivity contribution in [1.29, 1.82) is 0 Å². The van der Waals surface area contributed by atoms with Gasteiger partial charge in [0.1, 0.15) is 12.6 Å². The van der Waals surface area contributed by atoms with E-state index in [1.165, 1.54) is 0 Å². The zero-order valence-electron chi connectivity index (χ0n) is 14.0. The number of rotatable bonds is 7. The summed E-state index contributed by atoms with van der Waals surface area (Å²) in [6, 6.07) is 7.59. The zero-order chi connectivity index (χ0) is 18.3. The van der Waals surface area contributed by atoms with Gasteiger partial charge in [-0.15, -0.1) is 0 Å². The molecule has 1 rings (SSSR count). The fourth-order valence-corrected chi connectivity index (χ4v) is 2.19. The molecular formula is C17H23NO6. The summed E-state index contributed by atoms with van der Waals surface area (Å²) in [4.78, 5) is 34.5. The maximum Gasteiger partial charge on any atom is 0.408 e. The molecule has 3 N–H and O–H groups in total. The second kappa shape index (κ2) is 8.33. The van der Waals surface area contributed by atoms with Gasteiger partial charge >= 0.3 is 18.0 Å². The quantitative estimate of drug-likeness (QED) is 0.704. The van der Waals surface area contributed by atoms with Crippen LogP contribution >= 0.6 is 0 Å². The molecule has 1 amide bonds. The average Bonchev–Trinajstić information content (AvgIpc) is 2.48. The van der Waals surface area contributed by atoms with E-state index >= 15 is 0 Å². The Morgan fingerprint density at radius 3 is 2.12 bits per heavy atom. The van der Waals surface area contributed by atoms with Crippen LogP contribution in [-0.4, -0.2) is 34.3 Å². The molecule has 0 aliphatic carbocycles. The van der Waals surface area contributed by atoms with E-state index in [9.17, 15) is 24.6 Å². The minimum atomic E-state index is -1.34. The summed E-state index contributed by atoms with van der Waals surface area (Å²) in [6.07, 6.45) is -1.13. The van der Waals surface area contributed by atoms with Gasteiger partial charge in [0.05, 0.1) is 5.92 Å². The molecule has 2 atom stereocenters. The largest absolute Gasteiger partial charge is 0.481 e. The number of nitrogens with one attached hydrogen (secondary N) is 1. The van der Waals surface area contributed by atoms with Gasteiger partial charge in [0.15, 0.2) is 0 Å². The maximum absolute atomic E-state index is 11.8. The molecule has 0 fully saturated rings. The van der Waals surface area contributed by atoms with Crippen LogP contribution in [0, 0.1) is 11.3 Å². The van der Waals surface area contributed by atoms with Crippen LogP contribution in [0.25, 0.3) is 0 Å². The zero-order valence-corrected chi connectivity index (χ0v) is 14.0. The van der Waals surface area contributed by atoms with E-state index in [-0.39, 0.29) is 13.0 Å². The summed E-state index contributed by atoms with van der Waals surface area (Å²) in [5.74, 6) is -3.33. The van der Waals surface area contributed by atoms with Crippen molar-refractivity contribution in [2.45, 2.75) is 39.8 Å². The van der Waals surface area contributed by atoms with Crippen LogP contribution in [0.5, 0.6) is 0 Å². The van der Waals surface area contributed by atoms with Crippen LogP contribution < -0.4 is 5.32 Å². The summed E-state index contributed by atoms with van der Waals surface area (Å²) in [5, 5.41) is 20.7. The highest BCUT2D eigenvalue weighted by Gasteiger charge is 2.36. The van der Waals surface area contributed by atoms with Gasteiger partial charge in [-0.25, -0.2) is 9.59 Å². The summed E-state index contributed by atoms with van der Waals surface area (Å²) in [6.45, 7) is 5.12. The molecule has 0 spiro atoms. The molecule has 0 saturated carbocycles. The van der Waals surface area contributed by atoms with Crippen molar-refractivity contribution in [2.75, 3.05) is 0 Å². The van der Waals surface area contributed by atoms with Gasteiger partial charge in [-0.1, -0.05) is 51.1 Å². The van der Waals surface area contributed by atoms with Gasteiger partial charge in [0.2, 0.25) is 0 Å². The number of carboxylic acid groups (broad SMARTS) is 2. The lowest BCUT2D eigenvalue weighted by Crippen LogP contribution is -2.45. The lowest BCUT2D eigenvalue weighted by molar-refractivity contribution is -0.147. The maximum atomic E-state index is 11.8. The molecule has 7 heteroatoms. The van der Waals surface area contributed by atoms with Gasteiger partial charge in [0.25, 0.3) is 0 Å². The van der Waals surface area contributed by atoms with E-state index < -0.39 is 35.4 Å². The topological polar surface area (TPSA) is 113 Å². The van der Waals surface area contributed by atoms with E-state index in [2.05, 4.69) is 5.32 Å². The highest BCUT2D eigenvalue weighted by atomic mass is 16.5. The molecule has 0 radical (unpaired) electrons. The average molecular weight is 337 g/mol. The summed E-state index contributed by atoms with van der Waals surface area (Å²) < 4.78 is 4.98. The first-order valence-corrected chi connectivity index (χ1v) is 7.54. The van der Waals surface area contributed by atoms with Crippen molar-refractivity contribution in [2.24, 2.45) is 11.3 Å². The summed E-state index contributed by atoms with van der Waals surface area (Å²) in [7, 11) is 0. The molecule has 24 heavy (non-hydrogen) atoms. The molecule has 0 aliphatic heterocycles. The lowest BCUT2D eigenvalue weighted by Gasteiger charge is -2.29. The minimum absolute atomic E-state index is 0.000637. The summed E-state index contributed by atoms with van der Waals surface area (Å²) in [5.41, 5.74) is 0.118. The normalized spacial score (nSPS) is 13.6. The van der Waals surface area contributed by atoms with Crippen molar-refractivity contribution in [3.05, 3.63) is 35.9 Å².